The number of benzene rings is 1. The summed E-state index contributed by atoms with van der Waals surface area (Å²) in [6, 6.07) is 9.72. The van der Waals surface area contributed by atoms with Gasteiger partial charge >= 0.3 is 6.18 Å². The molecule has 4 heterocycles. The standard InChI is InChI=1S/C23H20ClF3N6O/c24-19-6-2-1-4-15(19)12-32-13-17(10-28-32)22(34)31-9-3-5-16(11-31)21-30-29-20-8-7-18(14-33(20)21)23(25,26)27/h1-2,4,6-8,10,13-14,16H,3,5,9,11-12H2. The molecule has 5 rings (SSSR count). The lowest BCUT2D eigenvalue weighted by atomic mass is 9.96. The van der Waals surface area contributed by atoms with Crippen LogP contribution in [0.2, 0.25) is 5.02 Å². The number of fused-ring (bicyclic) bond motifs is 1. The number of halogens is 4. The first-order valence-electron chi connectivity index (χ1n) is 10.8. The first-order chi connectivity index (χ1) is 16.3. The summed E-state index contributed by atoms with van der Waals surface area (Å²) in [7, 11) is 0. The number of nitrogens with zero attached hydrogens (tertiary/aromatic N) is 6. The highest BCUT2D eigenvalue weighted by molar-refractivity contribution is 6.31. The van der Waals surface area contributed by atoms with Crippen LogP contribution in [0.15, 0.2) is 55.0 Å². The minimum Gasteiger partial charge on any atom is -0.338 e. The van der Waals surface area contributed by atoms with Crippen molar-refractivity contribution in [2.24, 2.45) is 0 Å². The zero-order valence-corrected chi connectivity index (χ0v) is 18.7. The van der Waals surface area contributed by atoms with Gasteiger partial charge in [-0.1, -0.05) is 29.8 Å². The molecule has 1 unspecified atom stereocenters. The number of hydrogen-bond donors (Lipinski definition) is 0. The van der Waals surface area contributed by atoms with Gasteiger partial charge in [0.2, 0.25) is 0 Å². The number of rotatable bonds is 4. The quantitative estimate of drug-likeness (QED) is 0.419. The van der Waals surface area contributed by atoms with E-state index in [4.69, 9.17) is 11.6 Å². The second-order valence-corrected chi connectivity index (χ2v) is 8.72. The fourth-order valence-electron chi connectivity index (χ4n) is 4.27. The Morgan fingerprint density at radius 3 is 2.74 bits per heavy atom. The summed E-state index contributed by atoms with van der Waals surface area (Å²) < 4.78 is 42.6. The Bertz CT molecular complexity index is 1350. The highest BCUT2D eigenvalue weighted by Crippen LogP contribution is 2.31. The van der Waals surface area contributed by atoms with Crippen LogP contribution in [-0.2, 0) is 12.7 Å². The molecule has 176 valence electrons. The van der Waals surface area contributed by atoms with Crippen molar-refractivity contribution in [3.63, 3.8) is 0 Å². The van der Waals surface area contributed by atoms with Crippen molar-refractivity contribution in [1.82, 2.24) is 29.3 Å². The van der Waals surface area contributed by atoms with Gasteiger partial charge in [-0.05, 0) is 36.6 Å². The van der Waals surface area contributed by atoms with Crippen molar-refractivity contribution in [2.75, 3.05) is 13.1 Å². The molecule has 0 spiro atoms. The van der Waals surface area contributed by atoms with Crippen LogP contribution in [-0.4, -0.2) is 48.3 Å². The van der Waals surface area contributed by atoms with E-state index < -0.39 is 11.7 Å². The van der Waals surface area contributed by atoms with Gasteiger partial charge in [-0.2, -0.15) is 18.3 Å². The van der Waals surface area contributed by atoms with Gasteiger partial charge in [-0.15, -0.1) is 10.2 Å². The summed E-state index contributed by atoms with van der Waals surface area (Å²) in [5.41, 5.74) is 0.905. The van der Waals surface area contributed by atoms with Crippen molar-refractivity contribution in [1.29, 1.82) is 0 Å². The van der Waals surface area contributed by atoms with E-state index >= 15 is 0 Å². The summed E-state index contributed by atoms with van der Waals surface area (Å²) in [6.45, 7) is 1.32. The van der Waals surface area contributed by atoms with E-state index in [9.17, 15) is 18.0 Å². The summed E-state index contributed by atoms with van der Waals surface area (Å²) in [5, 5.41) is 13.1. The third kappa shape index (κ3) is 4.37. The molecule has 0 bridgehead atoms. The summed E-state index contributed by atoms with van der Waals surface area (Å²) in [4.78, 5) is 14.8. The number of carbonyl (C=O) groups is 1. The molecular weight excluding hydrogens is 469 g/mol. The lowest BCUT2D eigenvalue weighted by molar-refractivity contribution is -0.137. The molecule has 34 heavy (non-hydrogen) atoms. The predicted molar refractivity (Wildman–Crippen MR) is 119 cm³/mol. The molecule has 0 N–H and O–H groups in total. The Labute approximate surface area is 197 Å². The number of pyridine rings is 1. The molecule has 1 atom stereocenters. The largest absolute Gasteiger partial charge is 0.417 e. The number of aromatic nitrogens is 5. The van der Waals surface area contributed by atoms with Crippen molar-refractivity contribution < 1.29 is 18.0 Å². The molecule has 1 aliphatic heterocycles. The lowest BCUT2D eigenvalue weighted by Crippen LogP contribution is -2.39. The zero-order chi connectivity index (χ0) is 23.9. The third-order valence-corrected chi connectivity index (χ3v) is 6.37. The van der Waals surface area contributed by atoms with Crippen molar-refractivity contribution in [3.05, 3.63) is 82.5 Å². The Kier molecular flexibility index (Phi) is 5.76. The normalized spacial score (nSPS) is 16.8. The van der Waals surface area contributed by atoms with Crippen molar-refractivity contribution >= 4 is 23.2 Å². The highest BCUT2D eigenvalue weighted by atomic mass is 35.5. The molecule has 4 aromatic rings. The maximum absolute atomic E-state index is 13.2. The minimum absolute atomic E-state index is 0.181. The summed E-state index contributed by atoms with van der Waals surface area (Å²) >= 11 is 6.21. The first kappa shape index (κ1) is 22.4. The van der Waals surface area contributed by atoms with Gasteiger partial charge in [0.15, 0.2) is 5.65 Å². The number of hydrogen-bond acceptors (Lipinski definition) is 4. The molecule has 3 aromatic heterocycles. The van der Waals surface area contributed by atoms with E-state index in [2.05, 4.69) is 15.3 Å². The van der Waals surface area contributed by atoms with Crippen LogP contribution < -0.4 is 0 Å². The van der Waals surface area contributed by atoms with Crippen LogP contribution in [0.25, 0.3) is 5.65 Å². The van der Waals surface area contributed by atoms with E-state index in [1.807, 2.05) is 18.2 Å². The molecule has 1 saturated heterocycles. The van der Waals surface area contributed by atoms with E-state index in [1.165, 1.54) is 16.7 Å². The van der Waals surface area contributed by atoms with Crippen molar-refractivity contribution in [3.8, 4) is 0 Å². The van der Waals surface area contributed by atoms with Gasteiger partial charge in [-0.25, -0.2) is 0 Å². The van der Waals surface area contributed by atoms with Gasteiger partial charge in [-0.3, -0.25) is 13.9 Å². The van der Waals surface area contributed by atoms with Crippen LogP contribution in [0.4, 0.5) is 13.2 Å². The Balaban J connectivity index is 1.34. The van der Waals surface area contributed by atoms with Crippen molar-refractivity contribution in [2.45, 2.75) is 31.5 Å². The molecule has 1 aromatic carbocycles. The van der Waals surface area contributed by atoms with Crippen LogP contribution in [0, 0.1) is 0 Å². The van der Waals surface area contributed by atoms with Gasteiger partial charge in [0.1, 0.15) is 5.82 Å². The molecule has 0 saturated carbocycles. The number of alkyl halides is 3. The SMILES string of the molecule is O=C(c1cnn(Cc2ccccc2Cl)c1)N1CCCC(c2nnc3ccc(C(F)(F)F)cn23)C1. The summed E-state index contributed by atoms with van der Waals surface area (Å²) in [5.74, 6) is 0.0160. The molecule has 1 amide bonds. The fraction of sp³-hybridized carbons (Fsp3) is 0.304. The monoisotopic (exact) mass is 488 g/mol. The molecule has 1 aliphatic rings. The van der Waals surface area contributed by atoms with Gasteiger partial charge in [0.25, 0.3) is 5.91 Å². The Morgan fingerprint density at radius 1 is 1.12 bits per heavy atom. The third-order valence-electron chi connectivity index (χ3n) is 6.00. The molecule has 0 radical (unpaired) electrons. The molecule has 0 aliphatic carbocycles. The van der Waals surface area contributed by atoms with Gasteiger partial charge in [0.05, 0.1) is 23.9 Å². The molecule has 7 nitrogen and oxygen atoms in total. The number of likely N-dealkylation sites (tertiary alicyclic amines) is 1. The van der Waals surface area contributed by atoms with E-state index in [0.717, 1.165) is 17.8 Å². The minimum atomic E-state index is -4.46. The first-order valence-corrected chi connectivity index (χ1v) is 11.1. The number of piperidine rings is 1. The second kappa shape index (κ2) is 8.75. The van der Waals surface area contributed by atoms with E-state index in [0.29, 0.717) is 54.5 Å². The van der Waals surface area contributed by atoms with Gasteiger partial charge < -0.3 is 4.90 Å². The Hall–Kier alpha value is -3.40. The Morgan fingerprint density at radius 2 is 1.94 bits per heavy atom. The highest BCUT2D eigenvalue weighted by Gasteiger charge is 2.33. The predicted octanol–water partition coefficient (Wildman–Crippen LogP) is 4.67. The van der Waals surface area contributed by atoms with Crippen LogP contribution in [0.5, 0.6) is 0 Å². The van der Waals surface area contributed by atoms with Crippen LogP contribution in [0.3, 0.4) is 0 Å². The molecule has 1 fully saturated rings. The maximum atomic E-state index is 13.2. The number of carbonyl (C=O) groups excluding carboxylic acids is 1. The van der Waals surface area contributed by atoms with Gasteiger partial charge in [0, 0.05) is 36.4 Å². The second-order valence-electron chi connectivity index (χ2n) is 8.31. The number of amides is 1. The zero-order valence-electron chi connectivity index (χ0n) is 17.9. The average molecular weight is 489 g/mol. The smallest absolute Gasteiger partial charge is 0.338 e. The summed E-state index contributed by atoms with van der Waals surface area (Å²) in [6.07, 6.45) is 1.16. The average Bonchev–Trinajstić information content (AvgIpc) is 3.46. The maximum Gasteiger partial charge on any atom is 0.417 e. The fourth-order valence-corrected chi connectivity index (χ4v) is 4.47. The van der Waals surface area contributed by atoms with Crippen LogP contribution >= 0.6 is 11.6 Å². The van der Waals surface area contributed by atoms with E-state index in [1.54, 1.807) is 21.8 Å². The molecular formula is C23H20ClF3N6O. The molecule has 11 heteroatoms. The lowest BCUT2D eigenvalue weighted by Gasteiger charge is -2.31. The topological polar surface area (TPSA) is 68.3 Å². The van der Waals surface area contributed by atoms with Crippen LogP contribution in [0.1, 0.15) is 46.1 Å². The van der Waals surface area contributed by atoms with E-state index in [-0.39, 0.29) is 11.8 Å².